The van der Waals surface area contributed by atoms with E-state index in [1.165, 1.54) is 15.8 Å². The van der Waals surface area contributed by atoms with Gasteiger partial charge in [0.2, 0.25) is 5.91 Å². The zero-order valence-corrected chi connectivity index (χ0v) is 14.6. The van der Waals surface area contributed by atoms with Crippen molar-refractivity contribution in [1.29, 1.82) is 0 Å². The molecule has 2 heterocycles. The lowest BCUT2D eigenvalue weighted by Crippen LogP contribution is -2.35. The van der Waals surface area contributed by atoms with Crippen LogP contribution < -0.4 is 16.7 Å². The lowest BCUT2D eigenvalue weighted by Gasteiger charge is -2.06. The molecule has 0 radical (unpaired) electrons. The third kappa shape index (κ3) is 4.36. The molecule has 2 aromatic rings. The van der Waals surface area contributed by atoms with Crippen LogP contribution in [0.25, 0.3) is 0 Å². The molecule has 1 amide bonds. The van der Waals surface area contributed by atoms with Gasteiger partial charge in [-0.3, -0.25) is 9.36 Å². The number of nitrogens with two attached hydrogens (primary N) is 1. The molecular formula is C18H25N5O2. The van der Waals surface area contributed by atoms with Gasteiger partial charge >= 0.3 is 5.69 Å². The molecule has 1 unspecified atom stereocenters. The molecule has 25 heavy (non-hydrogen) atoms. The summed E-state index contributed by atoms with van der Waals surface area (Å²) in [7, 11) is 0. The maximum absolute atomic E-state index is 12.4. The number of benzene rings is 1. The summed E-state index contributed by atoms with van der Waals surface area (Å²) in [5, 5.41) is 7.16. The molecular weight excluding hydrogens is 318 g/mol. The van der Waals surface area contributed by atoms with Gasteiger partial charge in [0.05, 0.1) is 0 Å². The molecule has 0 bridgehead atoms. The van der Waals surface area contributed by atoms with Crippen molar-refractivity contribution in [2.75, 3.05) is 6.54 Å². The Balaban J connectivity index is 1.54. The van der Waals surface area contributed by atoms with Crippen molar-refractivity contribution in [2.45, 2.75) is 51.7 Å². The Morgan fingerprint density at radius 2 is 2.08 bits per heavy atom. The molecule has 1 aromatic carbocycles. The van der Waals surface area contributed by atoms with Crippen LogP contribution in [-0.4, -0.2) is 32.8 Å². The van der Waals surface area contributed by atoms with Crippen molar-refractivity contribution < 1.29 is 4.79 Å². The van der Waals surface area contributed by atoms with Gasteiger partial charge in [0.25, 0.3) is 0 Å². The summed E-state index contributed by atoms with van der Waals surface area (Å²) in [5.41, 5.74) is 8.10. The van der Waals surface area contributed by atoms with E-state index in [0.717, 1.165) is 25.1 Å². The Kier molecular flexibility index (Phi) is 5.33. The number of nitrogens with zero attached hydrogens (tertiary/aromatic N) is 3. The second-order valence-corrected chi connectivity index (χ2v) is 6.68. The predicted octanol–water partition coefficient (Wildman–Crippen LogP) is 0.376. The highest BCUT2D eigenvalue weighted by atomic mass is 16.2. The number of carbonyl (C=O) groups excluding carboxylic acids is 1. The summed E-state index contributed by atoms with van der Waals surface area (Å²) in [6, 6.07) is 8.34. The molecule has 1 atom stereocenters. The summed E-state index contributed by atoms with van der Waals surface area (Å²) in [6.07, 6.45) is 3.03. The summed E-state index contributed by atoms with van der Waals surface area (Å²) in [6.45, 7) is 3.12. The number of aromatic nitrogens is 3. The number of hydrogen-bond acceptors (Lipinski definition) is 4. The van der Waals surface area contributed by atoms with Gasteiger partial charge in [-0.2, -0.15) is 5.10 Å². The lowest BCUT2D eigenvalue weighted by atomic mass is 10.1. The van der Waals surface area contributed by atoms with Gasteiger partial charge in [0, 0.05) is 25.6 Å². The van der Waals surface area contributed by atoms with Crippen molar-refractivity contribution in [1.82, 2.24) is 19.7 Å². The second kappa shape index (κ2) is 7.65. The summed E-state index contributed by atoms with van der Waals surface area (Å²) >= 11 is 0. The Morgan fingerprint density at radius 1 is 1.32 bits per heavy atom. The van der Waals surface area contributed by atoms with E-state index < -0.39 is 0 Å². The molecule has 0 aliphatic carbocycles. The summed E-state index contributed by atoms with van der Waals surface area (Å²) in [4.78, 5) is 24.5. The first-order chi connectivity index (χ1) is 12.0. The number of hydrogen-bond donors (Lipinski definition) is 2. The van der Waals surface area contributed by atoms with Crippen molar-refractivity contribution in [3.8, 4) is 0 Å². The van der Waals surface area contributed by atoms with E-state index >= 15 is 0 Å². The van der Waals surface area contributed by atoms with Crippen LogP contribution in [0, 0.1) is 6.92 Å². The van der Waals surface area contributed by atoms with Crippen LogP contribution in [0.15, 0.2) is 29.1 Å². The Morgan fingerprint density at radius 3 is 2.84 bits per heavy atom. The van der Waals surface area contributed by atoms with Gasteiger partial charge in [0.1, 0.15) is 12.4 Å². The fourth-order valence-corrected chi connectivity index (χ4v) is 3.05. The Bertz CT molecular complexity index is 791. The van der Waals surface area contributed by atoms with Gasteiger partial charge in [-0.1, -0.05) is 29.8 Å². The van der Waals surface area contributed by atoms with Crippen molar-refractivity contribution in [3.05, 3.63) is 51.7 Å². The average molecular weight is 343 g/mol. The van der Waals surface area contributed by atoms with Gasteiger partial charge in [-0.05, 0) is 31.7 Å². The van der Waals surface area contributed by atoms with Crippen LogP contribution in [0.1, 0.15) is 29.8 Å². The quantitative estimate of drug-likeness (QED) is 0.820. The van der Waals surface area contributed by atoms with Crippen LogP contribution in [-0.2, 0) is 30.7 Å². The minimum absolute atomic E-state index is 0.0429. The molecule has 3 N–H and O–H groups in total. The Labute approximate surface area is 146 Å². The normalized spacial score (nSPS) is 17.0. The number of rotatable bonds is 5. The van der Waals surface area contributed by atoms with E-state index in [4.69, 9.17) is 5.73 Å². The van der Waals surface area contributed by atoms with Crippen molar-refractivity contribution in [2.24, 2.45) is 5.73 Å². The minimum Gasteiger partial charge on any atom is -0.354 e. The maximum atomic E-state index is 12.4. The van der Waals surface area contributed by atoms with E-state index in [-0.39, 0.29) is 24.2 Å². The van der Waals surface area contributed by atoms with Gasteiger partial charge in [0.15, 0.2) is 0 Å². The van der Waals surface area contributed by atoms with Crippen molar-refractivity contribution >= 4 is 5.91 Å². The first-order valence-electron chi connectivity index (χ1n) is 8.77. The maximum Gasteiger partial charge on any atom is 0.346 e. The first kappa shape index (κ1) is 17.4. The number of carbonyl (C=O) groups is 1. The predicted molar refractivity (Wildman–Crippen MR) is 95.3 cm³/mol. The highest BCUT2D eigenvalue weighted by Gasteiger charge is 2.19. The molecule has 0 saturated heterocycles. The number of fused-ring (bicyclic) bond motifs is 1. The molecule has 1 aromatic heterocycles. The van der Waals surface area contributed by atoms with Gasteiger partial charge in [-0.15, -0.1) is 0 Å². The van der Waals surface area contributed by atoms with E-state index in [1.54, 1.807) is 4.57 Å². The van der Waals surface area contributed by atoms with Crippen LogP contribution in [0.5, 0.6) is 0 Å². The third-order valence-electron chi connectivity index (χ3n) is 4.61. The molecule has 0 saturated carbocycles. The number of amides is 1. The standard InChI is InChI=1S/C18H25N5O2/c1-13-2-4-14(5-3-13)8-10-20-17(24)12-23-18(25)22-11-9-15(19)6-7-16(22)21-23/h2-5,15H,6-12,19H2,1H3,(H,20,24). The number of aryl methyl sites for hydroxylation is 2. The first-order valence-corrected chi connectivity index (χ1v) is 8.77. The summed E-state index contributed by atoms with van der Waals surface area (Å²) in [5.74, 6) is 0.532. The van der Waals surface area contributed by atoms with Crippen LogP contribution in [0.3, 0.4) is 0 Å². The average Bonchev–Trinajstić information content (AvgIpc) is 2.75. The second-order valence-electron chi connectivity index (χ2n) is 6.68. The molecule has 0 fully saturated rings. The molecule has 1 aliphatic rings. The smallest absolute Gasteiger partial charge is 0.346 e. The SMILES string of the molecule is Cc1ccc(CCNC(=O)Cn2nc3n(c2=O)CCC(N)CC3)cc1. The highest BCUT2D eigenvalue weighted by Crippen LogP contribution is 2.09. The zero-order chi connectivity index (χ0) is 17.8. The fourth-order valence-electron chi connectivity index (χ4n) is 3.05. The van der Waals surface area contributed by atoms with Crippen molar-refractivity contribution in [3.63, 3.8) is 0 Å². The molecule has 0 spiro atoms. The molecule has 7 heteroatoms. The van der Waals surface area contributed by atoms with E-state index in [9.17, 15) is 9.59 Å². The van der Waals surface area contributed by atoms with Crippen LogP contribution in [0.4, 0.5) is 0 Å². The Hall–Kier alpha value is -2.41. The van der Waals surface area contributed by atoms with Crippen LogP contribution >= 0.6 is 0 Å². The van der Waals surface area contributed by atoms with E-state index in [0.29, 0.717) is 19.5 Å². The fraction of sp³-hybridized carbons (Fsp3) is 0.500. The largest absolute Gasteiger partial charge is 0.354 e. The van der Waals surface area contributed by atoms with Gasteiger partial charge in [-0.25, -0.2) is 9.48 Å². The lowest BCUT2D eigenvalue weighted by molar-refractivity contribution is -0.121. The topological polar surface area (TPSA) is 94.9 Å². The molecule has 1 aliphatic heterocycles. The minimum atomic E-state index is -0.224. The highest BCUT2D eigenvalue weighted by molar-refractivity contribution is 5.75. The van der Waals surface area contributed by atoms with E-state index in [2.05, 4.69) is 34.7 Å². The van der Waals surface area contributed by atoms with Gasteiger partial charge < -0.3 is 11.1 Å². The molecule has 134 valence electrons. The molecule has 3 rings (SSSR count). The monoisotopic (exact) mass is 343 g/mol. The van der Waals surface area contributed by atoms with E-state index in [1.807, 2.05) is 6.92 Å². The zero-order valence-electron chi connectivity index (χ0n) is 14.6. The number of nitrogens with one attached hydrogen (secondary N) is 1. The summed E-state index contributed by atoms with van der Waals surface area (Å²) < 4.78 is 2.90. The third-order valence-corrected chi connectivity index (χ3v) is 4.61. The van der Waals surface area contributed by atoms with Crippen LogP contribution in [0.2, 0.25) is 0 Å². The molecule has 7 nitrogen and oxygen atoms in total.